The maximum absolute atomic E-state index is 15.3. The van der Waals surface area contributed by atoms with Crippen molar-refractivity contribution in [2.24, 2.45) is 22.2 Å². The van der Waals surface area contributed by atoms with E-state index in [-0.39, 0.29) is 67.4 Å². The quantitative estimate of drug-likeness (QED) is 0.219. The predicted octanol–water partition coefficient (Wildman–Crippen LogP) is 3.69. The number of benzene rings is 1. The second-order valence-corrected chi connectivity index (χ2v) is 26.3. The molecule has 1 aliphatic carbocycles. The molecule has 3 N–H and O–H groups in total. The van der Waals surface area contributed by atoms with Crippen molar-refractivity contribution in [3.63, 3.8) is 0 Å². The molecule has 1 unspecified atom stereocenters. The number of hydrazine groups is 1. The highest BCUT2D eigenvalue weighted by Crippen LogP contribution is 2.45. The number of fused-ring (bicyclic) bond motifs is 7. The molecule has 9 atom stereocenters. The number of hydrogen-bond acceptors (Lipinski definition) is 15. The van der Waals surface area contributed by atoms with E-state index in [1.165, 1.54) is 22.4 Å². The molecule has 7 fully saturated rings. The number of aliphatic imine (C=N–C) groups is 1. The second-order valence-electron chi connectivity index (χ2n) is 26.3. The standard InChI is InChI=1S/C60H84F3N11O8/c1-36(2)52(71-20-22-82-59(31-71)32-72(33-59)56(77)51-50(66-51)38-11-12-38)54(75)65-47-29-68-15-7-9-40(27-68)39-13-14-48-43(23-39)45(25-58(4,5)35-81-57(78)46-10-8-16-74(67-46)55(47)76)53(73(48)34-60(61,62)63)44-24-41(26-64-49(44)37(3)79-6)70-18-17-69-19-21-80-30-42(69)28-70/h9,13-14,23,26,36-38,41-42,46-47,50-52,66-67H,7-8,10-12,15-22,24-25,27-35H2,1-6H3,(H,65,75)/t37-,41+,42-,46-,47-,50+,51+,52-/m0/s1. The van der Waals surface area contributed by atoms with Crippen LogP contribution in [0, 0.1) is 17.3 Å². The third kappa shape index (κ3) is 11.9. The molecule has 3 amide bonds. The number of morpholine rings is 2. The van der Waals surface area contributed by atoms with E-state index < -0.39 is 53.9 Å². The van der Waals surface area contributed by atoms with Crippen LogP contribution >= 0.6 is 0 Å². The Kier molecular flexibility index (Phi) is 16.1. The summed E-state index contributed by atoms with van der Waals surface area (Å²) < 4.78 is 71.7. The fourth-order valence-corrected chi connectivity index (χ4v) is 14.6. The maximum atomic E-state index is 15.3. The van der Waals surface area contributed by atoms with Crippen molar-refractivity contribution in [1.29, 1.82) is 0 Å². The molecule has 6 bridgehead atoms. The van der Waals surface area contributed by atoms with E-state index in [4.69, 9.17) is 23.9 Å². The Morgan fingerprint density at radius 1 is 0.976 bits per heavy atom. The molecule has 22 heteroatoms. The first-order chi connectivity index (χ1) is 39.2. The van der Waals surface area contributed by atoms with Crippen LogP contribution in [0.4, 0.5) is 13.2 Å². The van der Waals surface area contributed by atoms with Crippen LogP contribution in [0.25, 0.3) is 22.0 Å². The fourth-order valence-electron chi connectivity index (χ4n) is 14.6. The lowest BCUT2D eigenvalue weighted by Gasteiger charge is -2.55. The Morgan fingerprint density at radius 2 is 1.78 bits per heavy atom. The summed E-state index contributed by atoms with van der Waals surface area (Å²) in [7, 11) is 1.59. The van der Waals surface area contributed by atoms with Gasteiger partial charge in [0.15, 0.2) is 0 Å². The predicted molar refractivity (Wildman–Crippen MR) is 302 cm³/mol. The van der Waals surface area contributed by atoms with Crippen molar-refractivity contribution in [2.45, 2.75) is 146 Å². The van der Waals surface area contributed by atoms with E-state index in [9.17, 15) is 14.4 Å². The first kappa shape index (κ1) is 57.6. The fraction of sp³-hybridized carbons (Fsp3) is 0.717. The number of esters is 1. The average Bonchev–Trinajstić information content (AvgIpc) is 3.21. The molecule has 2 aromatic rings. The molecule has 1 aromatic carbocycles. The molecule has 6 saturated heterocycles. The summed E-state index contributed by atoms with van der Waals surface area (Å²) >= 11 is 0. The van der Waals surface area contributed by atoms with Gasteiger partial charge in [0.05, 0.1) is 63.1 Å². The number of likely N-dealkylation sites (tertiary alicyclic amines) is 1. The highest BCUT2D eigenvalue weighted by Gasteiger charge is 2.57. The topological polar surface area (TPSA) is 188 Å². The van der Waals surface area contributed by atoms with Gasteiger partial charge in [-0.15, -0.1) is 0 Å². The molecule has 82 heavy (non-hydrogen) atoms. The number of hydrogen-bond donors (Lipinski definition) is 3. The van der Waals surface area contributed by atoms with Crippen LogP contribution in [0.2, 0.25) is 0 Å². The van der Waals surface area contributed by atoms with Gasteiger partial charge in [-0.2, -0.15) is 13.2 Å². The molecule has 1 spiro atoms. The van der Waals surface area contributed by atoms with Crippen LogP contribution < -0.4 is 16.1 Å². The van der Waals surface area contributed by atoms with E-state index in [0.29, 0.717) is 125 Å². The monoisotopic (exact) mass is 1140 g/mol. The Hall–Kier alpha value is -4.78. The lowest BCUT2D eigenvalue weighted by molar-refractivity contribution is -0.197. The number of rotatable bonds is 11. The minimum atomic E-state index is -4.58. The van der Waals surface area contributed by atoms with Crippen LogP contribution in [-0.2, 0) is 51.1 Å². The number of carbonyl (C=O) groups is 4. The minimum absolute atomic E-state index is 0.0525. The first-order valence-electron chi connectivity index (χ1n) is 30.2. The van der Waals surface area contributed by atoms with Crippen molar-refractivity contribution in [3.05, 3.63) is 46.8 Å². The van der Waals surface area contributed by atoms with Crippen molar-refractivity contribution < 1.29 is 51.3 Å². The van der Waals surface area contributed by atoms with E-state index in [0.717, 1.165) is 42.9 Å². The number of nitrogens with one attached hydrogen (secondary N) is 3. The van der Waals surface area contributed by atoms with Crippen LogP contribution in [-0.4, -0.2) is 236 Å². The van der Waals surface area contributed by atoms with Gasteiger partial charge in [-0.1, -0.05) is 39.8 Å². The first-order valence-corrected chi connectivity index (χ1v) is 30.2. The second kappa shape index (κ2) is 22.9. The third-order valence-corrected chi connectivity index (χ3v) is 19.1. The van der Waals surface area contributed by atoms with Gasteiger partial charge < -0.3 is 33.7 Å². The van der Waals surface area contributed by atoms with E-state index in [2.05, 4.69) is 41.7 Å². The Bertz CT molecular complexity index is 2880. The molecule has 10 aliphatic rings. The Labute approximate surface area is 479 Å². The molecular formula is C60H84F3N11O8. The van der Waals surface area contributed by atoms with Gasteiger partial charge in [0.1, 0.15) is 30.3 Å². The summed E-state index contributed by atoms with van der Waals surface area (Å²) in [6, 6.07) is 3.43. The average molecular weight is 1140 g/mol. The minimum Gasteiger partial charge on any atom is -0.464 e. The largest absolute Gasteiger partial charge is 0.464 e. The molecule has 9 aliphatic heterocycles. The summed E-state index contributed by atoms with van der Waals surface area (Å²) in [5.41, 5.74) is 6.52. The number of amides is 3. The van der Waals surface area contributed by atoms with Crippen molar-refractivity contribution in [2.75, 3.05) is 112 Å². The number of carbonyl (C=O) groups excluding carboxylic acids is 4. The van der Waals surface area contributed by atoms with E-state index >= 15 is 18.0 Å². The van der Waals surface area contributed by atoms with Crippen molar-refractivity contribution in [3.8, 4) is 0 Å². The number of halogens is 3. The summed E-state index contributed by atoms with van der Waals surface area (Å²) in [5, 5.41) is 8.75. The highest BCUT2D eigenvalue weighted by molar-refractivity contribution is 5.95. The van der Waals surface area contributed by atoms with E-state index in [1.54, 1.807) is 7.11 Å². The molecule has 448 valence electrons. The van der Waals surface area contributed by atoms with Gasteiger partial charge in [0.25, 0.3) is 5.91 Å². The van der Waals surface area contributed by atoms with Crippen LogP contribution in [0.15, 0.2) is 35.0 Å². The zero-order chi connectivity index (χ0) is 57.4. The molecule has 12 rings (SSSR count). The SMILES string of the molecule is CO[C@@H](C)C1=C(c2c3c4cc(ccc4n2CC(F)(F)F)C2=CCCN(C2)C[C@H](NC(=O)[C@H](C(C)C)N2CCOC4(CN(C(=O)[C@@H]5N[C@@H]5C5CC5)C4)C2)C(=O)N2CCC[C@H](N2)C(=O)OCC(C)(C)C3)C[C@@H](N2CCN3CCOC[C@@H]3C2)C=N1. The normalized spacial score (nSPS) is 31.0. The van der Waals surface area contributed by atoms with Gasteiger partial charge in [-0.3, -0.25) is 54.1 Å². The summed E-state index contributed by atoms with van der Waals surface area (Å²) in [4.78, 5) is 73.8. The molecular weight excluding hydrogens is 1060 g/mol. The summed E-state index contributed by atoms with van der Waals surface area (Å²) in [6.45, 7) is 16.9. The number of alkyl halides is 3. The third-order valence-electron chi connectivity index (χ3n) is 19.1. The molecule has 1 saturated carbocycles. The van der Waals surface area contributed by atoms with Crippen LogP contribution in [0.1, 0.15) is 90.0 Å². The van der Waals surface area contributed by atoms with Gasteiger partial charge in [-0.05, 0) is 92.5 Å². The molecule has 1 aromatic heterocycles. The van der Waals surface area contributed by atoms with Gasteiger partial charge >= 0.3 is 12.1 Å². The lowest BCUT2D eigenvalue weighted by Crippen LogP contribution is -2.73. The Balaban J connectivity index is 0.862. The zero-order valence-corrected chi connectivity index (χ0v) is 48.6. The number of aromatic nitrogens is 1. The van der Waals surface area contributed by atoms with Gasteiger partial charge in [0.2, 0.25) is 11.8 Å². The number of cyclic esters (lactones) is 1. The number of methoxy groups -OCH3 is 1. The van der Waals surface area contributed by atoms with Crippen LogP contribution in [0.3, 0.4) is 0 Å². The summed E-state index contributed by atoms with van der Waals surface area (Å²) in [6.07, 6.45) is 3.56. The van der Waals surface area contributed by atoms with Gasteiger partial charge in [0, 0.05) is 119 Å². The Morgan fingerprint density at radius 3 is 2.55 bits per heavy atom. The zero-order valence-electron chi connectivity index (χ0n) is 48.6. The highest BCUT2D eigenvalue weighted by atomic mass is 19.4. The maximum Gasteiger partial charge on any atom is 0.406 e. The summed E-state index contributed by atoms with van der Waals surface area (Å²) in [5.74, 6) is -0.615. The number of ether oxygens (including phenoxy) is 4. The van der Waals surface area contributed by atoms with Crippen molar-refractivity contribution in [1.82, 2.24) is 50.1 Å². The van der Waals surface area contributed by atoms with Gasteiger partial charge in [-0.25, -0.2) is 5.43 Å². The molecule has 0 radical (unpaired) electrons. The molecule has 19 nitrogen and oxygen atoms in total. The smallest absolute Gasteiger partial charge is 0.406 e. The molecule has 10 heterocycles. The number of piperazine rings is 1. The lowest BCUT2D eigenvalue weighted by atomic mass is 9.83. The van der Waals surface area contributed by atoms with Crippen molar-refractivity contribution >= 4 is 52.0 Å². The van der Waals surface area contributed by atoms with Crippen LogP contribution in [0.5, 0.6) is 0 Å². The number of nitrogens with zero attached hydrogens (tertiary/aromatic N) is 8. The van der Waals surface area contributed by atoms with E-state index in [1.807, 2.05) is 63.9 Å².